The third-order valence-electron chi connectivity index (χ3n) is 3.32. The minimum Gasteiger partial charge on any atom is -0.388 e. The average molecular weight is 252 g/mol. The van der Waals surface area contributed by atoms with Crippen molar-refractivity contribution in [1.82, 2.24) is 20.4 Å². The SMILES string of the molecule is Cn1cc(CCNC(=O)NCC2(O)CCC2)cn1. The second kappa shape index (κ2) is 5.39. The first-order valence-electron chi connectivity index (χ1n) is 6.29. The molecular formula is C12H20N4O2. The van der Waals surface area contributed by atoms with Gasteiger partial charge in [-0.25, -0.2) is 4.79 Å². The molecule has 0 spiro atoms. The molecule has 3 N–H and O–H groups in total. The number of carbonyl (C=O) groups is 1. The molecule has 1 aromatic rings. The molecule has 1 aliphatic carbocycles. The van der Waals surface area contributed by atoms with E-state index in [-0.39, 0.29) is 6.03 Å². The number of aliphatic hydroxyl groups is 1. The normalized spacial score (nSPS) is 17.0. The zero-order chi connectivity index (χ0) is 13.0. The van der Waals surface area contributed by atoms with E-state index >= 15 is 0 Å². The third kappa shape index (κ3) is 3.46. The van der Waals surface area contributed by atoms with Gasteiger partial charge in [0.2, 0.25) is 0 Å². The van der Waals surface area contributed by atoms with E-state index in [1.54, 1.807) is 10.9 Å². The Morgan fingerprint density at radius 2 is 2.33 bits per heavy atom. The maximum atomic E-state index is 11.5. The number of amides is 2. The Morgan fingerprint density at radius 3 is 2.89 bits per heavy atom. The fraction of sp³-hybridized carbons (Fsp3) is 0.667. The molecule has 0 saturated heterocycles. The number of hydrogen-bond acceptors (Lipinski definition) is 3. The topological polar surface area (TPSA) is 79.2 Å². The Balaban J connectivity index is 1.60. The van der Waals surface area contributed by atoms with E-state index in [0.29, 0.717) is 13.1 Å². The van der Waals surface area contributed by atoms with E-state index < -0.39 is 5.60 Å². The lowest BCUT2D eigenvalue weighted by molar-refractivity contribution is -0.0290. The highest BCUT2D eigenvalue weighted by Gasteiger charge is 2.34. The maximum Gasteiger partial charge on any atom is 0.314 e. The van der Waals surface area contributed by atoms with Gasteiger partial charge in [0, 0.05) is 26.3 Å². The van der Waals surface area contributed by atoms with E-state index in [1.807, 2.05) is 13.2 Å². The van der Waals surface area contributed by atoms with Crippen LogP contribution in [0.5, 0.6) is 0 Å². The first-order valence-corrected chi connectivity index (χ1v) is 6.29. The fourth-order valence-corrected chi connectivity index (χ4v) is 1.99. The van der Waals surface area contributed by atoms with Crippen molar-refractivity contribution in [3.05, 3.63) is 18.0 Å². The van der Waals surface area contributed by atoms with Gasteiger partial charge in [0.25, 0.3) is 0 Å². The number of carbonyl (C=O) groups excluding carboxylic acids is 1. The molecule has 6 heteroatoms. The number of hydrogen-bond donors (Lipinski definition) is 3. The van der Waals surface area contributed by atoms with Crippen LogP contribution in [0.25, 0.3) is 0 Å². The van der Waals surface area contributed by atoms with Crippen molar-refractivity contribution in [2.24, 2.45) is 7.05 Å². The third-order valence-corrected chi connectivity index (χ3v) is 3.32. The second-order valence-electron chi connectivity index (χ2n) is 4.96. The first kappa shape index (κ1) is 12.9. The van der Waals surface area contributed by atoms with E-state index in [9.17, 15) is 9.90 Å². The molecule has 6 nitrogen and oxygen atoms in total. The number of aryl methyl sites for hydroxylation is 1. The molecular weight excluding hydrogens is 232 g/mol. The number of nitrogens with zero attached hydrogens (tertiary/aromatic N) is 2. The van der Waals surface area contributed by atoms with Crippen molar-refractivity contribution in [3.8, 4) is 0 Å². The summed E-state index contributed by atoms with van der Waals surface area (Å²) < 4.78 is 1.74. The number of nitrogens with one attached hydrogen (secondary N) is 2. The quantitative estimate of drug-likeness (QED) is 0.699. The largest absolute Gasteiger partial charge is 0.388 e. The van der Waals surface area contributed by atoms with Crippen molar-refractivity contribution in [2.45, 2.75) is 31.3 Å². The molecule has 2 rings (SSSR count). The van der Waals surface area contributed by atoms with Crippen LogP contribution in [0.15, 0.2) is 12.4 Å². The molecule has 1 aromatic heterocycles. The van der Waals surface area contributed by atoms with Crippen LogP contribution < -0.4 is 10.6 Å². The first-order chi connectivity index (χ1) is 8.57. The molecule has 0 unspecified atom stereocenters. The van der Waals surface area contributed by atoms with Crippen LogP contribution in [0.4, 0.5) is 4.79 Å². The molecule has 1 fully saturated rings. The molecule has 0 radical (unpaired) electrons. The lowest BCUT2D eigenvalue weighted by atomic mass is 9.80. The van der Waals surface area contributed by atoms with Gasteiger partial charge >= 0.3 is 6.03 Å². The van der Waals surface area contributed by atoms with Crippen LogP contribution in [0.3, 0.4) is 0 Å². The summed E-state index contributed by atoms with van der Waals surface area (Å²) in [6.45, 7) is 0.904. The van der Waals surface area contributed by atoms with Crippen LogP contribution in [0, 0.1) is 0 Å². The summed E-state index contributed by atoms with van der Waals surface area (Å²) in [6.07, 6.45) is 7.07. The Kier molecular flexibility index (Phi) is 3.86. The summed E-state index contributed by atoms with van der Waals surface area (Å²) >= 11 is 0. The monoisotopic (exact) mass is 252 g/mol. The van der Waals surface area contributed by atoms with E-state index in [1.165, 1.54) is 0 Å². The molecule has 0 aliphatic heterocycles. The van der Waals surface area contributed by atoms with Gasteiger partial charge < -0.3 is 15.7 Å². The molecule has 1 heterocycles. The Hall–Kier alpha value is -1.56. The van der Waals surface area contributed by atoms with Crippen molar-refractivity contribution in [3.63, 3.8) is 0 Å². The van der Waals surface area contributed by atoms with Crippen LogP contribution in [0.2, 0.25) is 0 Å². The Labute approximate surface area is 106 Å². The zero-order valence-electron chi connectivity index (χ0n) is 10.6. The summed E-state index contributed by atoms with van der Waals surface area (Å²) in [4.78, 5) is 11.5. The van der Waals surface area contributed by atoms with Gasteiger partial charge in [0.1, 0.15) is 0 Å². The second-order valence-corrected chi connectivity index (χ2v) is 4.96. The smallest absolute Gasteiger partial charge is 0.314 e. The van der Waals surface area contributed by atoms with Crippen LogP contribution in [-0.2, 0) is 13.5 Å². The molecule has 0 bridgehead atoms. The molecule has 100 valence electrons. The van der Waals surface area contributed by atoms with Crippen LogP contribution in [-0.4, -0.2) is 39.6 Å². The van der Waals surface area contributed by atoms with E-state index in [4.69, 9.17) is 0 Å². The van der Waals surface area contributed by atoms with Crippen molar-refractivity contribution in [1.29, 1.82) is 0 Å². The van der Waals surface area contributed by atoms with Gasteiger partial charge in [0.15, 0.2) is 0 Å². The van der Waals surface area contributed by atoms with Crippen molar-refractivity contribution in [2.75, 3.05) is 13.1 Å². The van der Waals surface area contributed by atoms with Crippen molar-refractivity contribution >= 4 is 6.03 Å². The fourth-order valence-electron chi connectivity index (χ4n) is 1.99. The minimum absolute atomic E-state index is 0.223. The summed E-state index contributed by atoms with van der Waals surface area (Å²) in [7, 11) is 1.86. The summed E-state index contributed by atoms with van der Waals surface area (Å²) in [5.41, 5.74) is 0.427. The molecule has 0 aromatic carbocycles. The maximum absolute atomic E-state index is 11.5. The average Bonchev–Trinajstić information content (AvgIpc) is 2.70. The lowest BCUT2D eigenvalue weighted by Gasteiger charge is -2.36. The van der Waals surface area contributed by atoms with E-state index in [2.05, 4.69) is 15.7 Å². The van der Waals surface area contributed by atoms with Crippen LogP contribution in [0.1, 0.15) is 24.8 Å². The lowest BCUT2D eigenvalue weighted by Crippen LogP contribution is -2.50. The predicted octanol–water partition coefficient (Wildman–Crippen LogP) is 0.177. The van der Waals surface area contributed by atoms with Crippen LogP contribution >= 0.6 is 0 Å². The van der Waals surface area contributed by atoms with Crippen molar-refractivity contribution < 1.29 is 9.90 Å². The highest BCUT2D eigenvalue weighted by Crippen LogP contribution is 2.30. The zero-order valence-corrected chi connectivity index (χ0v) is 10.6. The summed E-state index contributed by atoms with van der Waals surface area (Å²) in [5.74, 6) is 0. The number of rotatable bonds is 5. The molecule has 1 saturated carbocycles. The molecule has 2 amide bonds. The highest BCUT2D eigenvalue weighted by atomic mass is 16.3. The molecule has 1 aliphatic rings. The minimum atomic E-state index is -0.666. The van der Waals surface area contributed by atoms with Gasteiger partial charge in [-0.05, 0) is 31.2 Å². The Morgan fingerprint density at radius 1 is 1.56 bits per heavy atom. The predicted molar refractivity (Wildman–Crippen MR) is 67.1 cm³/mol. The van der Waals surface area contributed by atoms with Gasteiger partial charge in [-0.1, -0.05) is 0 Å². The standard InChI is InChI=1S/C12H20N4O2/c1-16-8-10(7-15-16)3-6-13-11(17)14-9-12(18)4-2-5-12/h7-8,18H,2-6,9H2,1H3,(H2,13,14,17). The van der Waals surface area contributed by atoms with Gasteiger partial charge in [0.05, 0.1) is 11.8 Å². The number of aromatic nitrogens is 2. The van der Waals surface area contributed by atoms with Gasteiger partial charge in [-0.2, -0.15) is 5.10 Å². The summed E-state index contributed by atoms with van der Waals surface area (Å²) in [6, 6.07) is -0.223. The summed E-state index contributed by atoms with van der Waals surface area (Å²) in [5, 5.41) is 19.3. The molecule has 0 atom stereocenters. The highest BCUT2D eigenvalue weighted by molar-refractivity contribution is 5.73. The Bertz CT molecular complexity index is 412. The number of urea groups is 1. The molecule has 18 heavy (non-hydrogen) atoms. The van der Waals surface area contributed by atoms with E-state index in [0.717, 1.165) is 31.2 Å². The van der Waals surface area contributed by atoms with Gasteiger partial charge in [-0.15, -0.1) is 0 Å². The van der Waals surface area contributed by atoms with Gasteiger partial charge in [-0.3, -0.25) is 4.68 Å².